The Hall–Kier alpha value is -3.00. The van der Waals surface area contributed by atoms with Crippen LogP contribution in [0.15, 0.2) is 42.5 Å². The molecule has 158 valence electrons. The van der Waals surface area contributed by atoms with E-state index in [4.69, 9.17) is 12.2 Å². The Bertz CT molecular complexity index is 1070. The Kier molecular flexibility index (Phi) is 6.66. The van der Waals surface area contributed by atoms with Gasteiger partial charge in [-0.25, -0.2) is 0 Å². The first kappa shape index (κ1) is 21.7. The van der Waals surface area contributed by atoms with Gasteiger partial charge in [0.05, 0.1) is 29.3 Å². The van der Waals surface area contributed by atoms with Crippen molar-refractivity contribution in [2.45, 2.75) is 40.9 Å². The molecule has 0 amide bonds. The van der Waals surface area contributed by atoms with Crippen molar-refractivity contribution in [3.63, 3.8) is 0 Å². The minimum Gasteiger partial charge on any atom is -0.433 e. The fourth-order valence-corrected chi connectivity index (χ4v) is 3.42. The fraction of sp³-hybridized carbons (Fsp3) is 0.273. The topological polar surface area (TPSA) is 51.1 Å². The van der Waals surface area contributed by atoms with Crippen LogP contribution in [0.4, 0.5) is 20.2 Å². The summed E-state index contributed by atoms with van der Waals surface area (Å²) < 4.78 is 32.0. The number of nitrogens with one attached hydrogen (secondary N) is 2. The predicted molar refractivity (Wildman–Crippen MR) is 120 cm³/mol. The van der Waals surface area contributed by atoms with Crippen LogP contribution in [0.5, 0.6) is 5.75 Å². The van der Waals surface area contributed by atoms with Gasteiger partial charge in [0.25, 0.3) is 0 Å². The van der Waals surface area contributed by atoms with Gasteiger partial charge in [-0.3, -0.25) is 4.68 Å². The van der Waals surface area contributed by atoms with Gasteiger partial charge in [0.15, 0.2) is 5.11 Å². The first-order chi connectivity index (χ1) is 14.2. The van der Waals surface area contributed by atoms with Gasteiger partial charge >= 0.3 is 6.61 Å². The summed E-state index contributed by atoms with van der Waals surface area (Å²) in [4.78, 5) is 0. The normalized spacial score (nSPS) is 10.9. The highest BCUT2D eigenvalue weighted by Crippen LogP contribution is 2.28. The van der Waals surface area contributed by atoms with Crippen LogP contribution in [0, 0.1) is 27.7 Å². The lowest BCUT2D eigenvalue weighted by atomic mass is 10.1. The van der Waals surface area contributed by atoms with E-state index in [9.17, 15) is 8.78 Å². The van der Waals surface area contributed by atoms with E-state index < -0.39 is 6.61 Å². The molecule has 3 rings (SSSR count). The largest absolute Gasteiger partial charge is 0.433 e. The van der Waals surface area contributed by atoms with Crippen molar-refractivity contribution in [2.24, 2.45) is 0 Å². The van der Waals surface area contributed by atoms with E-state index in [0.29, 0.717) is 12.2 Å². The average molecular weight is 431 g/mol. The fourth-order valence-electron chi connectivity index (χ4n) is 3.21. The highest BCUT2D eigenvalue weighted by Gasteiger charge is 2.15. The van der Waals surface area contributed by atoms with E-state index in [1.165, 1.54) is 11.6 Å². The van der Waals surface area contributed by atoms with Gasteiger partial charge in [-0.05, 0) is 63.2 Å². The van der Waals surface area contributed by atoms with Crippen LogP contribution in [0.25, 0.3) is 0 Å². The van der Waals surface area contributed by atoms with Gasteiger partial charge in [0.1, 0.15) is 5.75 Å². The molecule has 0 aliphatic heterocycles. The molecule has 5 nitrogen and oxygen atoms in total. The number of aryl methyl sites for hydroxylation is 3. The Labute approximate surface area is 180 Å². The van der Waals surface area contributed by atoms with E-state index in [1.54, 1.807) is 19.1 Å². The summed E-state index contributed by atoms with van der Waals surface area (Å²) in [6.45, 7) is 5.42. The third-order valence-corrected chi connectivity index (χ3v) is 4.84. The number of anilines is 2. The molecular formula is C22H24F2N4OS. The zero-order chi connectivity index (χ0) is 21.8. The van der Waals surface area contributed by atoms with Crippen LogP contribution in [0.2, 0.25) is 0 Å². The Morgan fingerprint density at radius 2 is 1.80 bits per heavy atom. The molecule has 0 saturated carbocycles. The molecule has 0 aliphatic carbocycles. The van der Waals surface area contributed by atoms with Crippen LogP contribution in [0.3, 0.4) is 0 Å². The monoisotopic (exact) mass is 430 g/mol. The number of nitrogens with zero attached hydrogens (tertiary/aromatic N) is 2. The van der Waals surface area contributed by atoms with Crippen molar-refractivity contribution in [1.29, 1.82) is 0 Å². The molecule has 8 heteroatoms. The molecular weight excluding hydrogens is 406 g/mol. The van der Waals surface area contributed by atoms with E-state index in [-0.39, 0.29) is 10.9 Å². The van der Waals surface area contributed by atoms with Crippen molar-refractivity contribution in [2.75, 3.05) is 10.6 Å². The molecule has 3 aromatic rings. The second kappa shape index (κ2) is 9.21. The van der Waals surface area contributed by atoms with E-state index in [1.807, 2.05) is 24.6 Å². The smallest absolute Gasteiger partial charge is 0.387 e. The lowest BCUT2D eigenvalue weighted by Gasteiger charge is -2.15. The zero-order valence-corrected chi connectivity index (χ0v) is 18.1. The number of benzene rings is 2. The summed E-state index contributed by atoms with van der Waals surface area (Å²) in [5.41, 5.74) is 6.01. The minimum absolute atomic E-state index is 0.0396. The van der Waals surface area contributed by atoms with Gasteiger partial charge in [-0.1, -0.05) is 35.9 Å². The summed E-state index contributed by atoms with van der Waals surface area (Å²) in [7, 11) is 0. The first-order valence-electron chi connectivity index (χ1n) is 9.46. The first-order valence-corrected chi connectivity index (χ1v) is 9.87. The second-order valence-corrected chi connectivity index (χ2v) is 7.56. The van der Waals surface area contributed by atoms with Crippen LogP contribution < -0.4 is 15.4 Å². The summed E-state index contributed by atoms with van der Waals surface area (Å²) in [5, 5.41) is 10.9. The van der Waals surface area contributed by atoms with E-state index in [0.717, 1.165) is 28.2 Å². The third kappa shape index (κ3) is 5.33. The lowest BCUT2D eigenvalue weighted by molar-refractivity contribution is -0.0493. The average Bonchev–Trinajstić information content (AvgIpc) is 2.91. The Morgan fingerprint density at radius 3 is 2.50 bits per heavy atom. The highest BCUT2D eigenvalue weighted by atomic mass is 32.1. The second-order valence-electron chi connectivity index (χ2n) is 7.15. The maximum Gasteiger partial charge on any atom is 0.387 e. The van der Waals surface area contributed by atoms with Crippen LogP contribution in [-0.2, 0) is 6.54 Å². The zero-order valence-electron chi connectivity index (χ0n) is 17.3. The molecule has 0 radical (unpaired) electrons. The molecule has 0 fully saturated rings. The number of ether oxygens (including phenoxy) is 1. The van der Waals surface area contributed by atoms with Crippen molar-refractivity contribution in [1.82, 2.24) is 9.78 Å². The van der Waals surface area contributed by atoms with Gasteiger partial charge < -0.3 is 15.4 Å². The Balaban J connectivity index is 1.75. The van der Waals surface area contributed by atoms with E-state index >= 15 is 0 Å². The van der Waals surface area contributed by atoms with Crippen LogP contribution >= 0.6 is 12.2 Å². The molecule has 2 N–H and O–H groups in total. The minimum atomic E-state index is -2.92. The van der Waals surface area contributed by atoms with Crippen LogP contribution in [-0.4, -0.2) is 21.5 Å². The quantitative estimate of drug-likeness (QED) is 0.501. The molecule has 0 atom stereocenters. The maximum absolute atomic E-state index is 12.7. The van der Waals surface area contributed by atoms with Crippen molar-refractivity contribution in [3.8, 4) is 5.75 Å². The highest BCUT2D eigenvalue weighted by molar-refractivity contribution is 7.80. The maximum atomic E-state index is 12.7. The number of alkyl halides is 2. The number of thiocarbonyl (C=S) groups is 1. The van der Waals surface area contributed by atoms with Gasteiger partial charge in [0.2, 0.25) is 0 Å². The Morgan fingerprint density at radius 1 is 1.07 bits per heavy atom. The molecule has 2 aromatic carbocycles. The third-order valence-electron chi connectivity index (χ3n) is 4.64. The standard InChI is InChI=1S/C22H24F2N4OS/c1-13-6-5-7-17(10-13)12-28-16(4)20(15(3)27-28)26-22(30)25-18-9-8-14(2)11-19(18)29-21(23)24/h5-11,21H,12H2,1-4H3,(H2,25,26,30). The number of aromatic nitrogens is 2. The lowest BCUT2D eigenvalue weighted by Crippen LogP contribution is -2.21. The summed E-state index contributed by atoms with van der Waals surface area (Å²) in [5.74, 6) is 0.0396. The van der Waals surface area contributed by atoms with Gasteiger partial charge in [0, 0.05) is 0 Å². The van der Waals surface area contributed by atoms with Gasteiger partial charge in [-0.2, -0.15) is 13.9 Å². The van der Waals surface area contributed by atoms with Crippen LogP contribution in [0.1, 0.15) is 28.1 Å². The van der Waals surface area contributed by atoms with E-state index in [2.05, 4.69) is 45.6 Å². The van der Waals surface area contributed by atoms with Crippen molar-refractivity contribution >= 4 is 28.7 Å². The van der Waals surface area contributed by atoms with Crippen molar-refractivity contribution < 1.29 is 13.5 Å². The molecule has 0 spiro atoms. The predicted octanol–water partition coefficient (Wildman–Crippen LogP) is 5.58. The molecule has 0 bridgehead atoms. The number of hydrogen-bond donors (Lipinski definition) is 2. The number of rotatable bonds is 6. The van der Waals surface area contributed by atoms with Crippen molar-refractivity contribution in [3.05, 3.63) is 70.5 Å². The molecule has 0 unspecified atom stereocenters. The molecule has 0 saturated heterocycles. The molecule has 0 aliphatic rings. The molecule has 1 heterocycles. The summed E-state index contributed by atoms with van der Waals surface area (Å²) >= 11 is 5.40. The number of hydrogen-bond acceptors (Lipinski definition) is 3. The molecule has 1 aromatic heterocycles. The summed E-state index contributed by atoms with van der Waals surface area (Å²) in [6, 6.07) is 13.2. The van der Waals surface area contributed by atoms with Gasteiger partial charge in [-0.15, -0.1) is 0 Å². The number of halogens is 2. The SMILES string of the molecule is Cc1cccc(Cn2nc(C)c(NC(=S)Nc3ccc(C)cc3OC(F)F)c2C)c1. The molecule has 30 heavy (non-hydrogen) atoms. The summed E-state index contributed by atoms with van der Waals surface area (Å²) in [6.07, 6.45) is 0.